The quantitative estimate of drug-likeness (QED) is 0.754. The van der Waals surface area contributed by atoms with Crippen molar-refractivity contribution < 1.29 is 4.39 Å². The first-order chi connectivity index (χ1) is 13.1. The van der Waals surface area contributed by atoms with Gasteiger partial charge in [-0.15, -0.1) is 0 Å². The fourth-order valence-corrected chi connectivity index (χ4v) is 4.22. The van der Waals surface area contributed by atoms with Gasteiger partial charge in [0.1, 0.15) is 11.5 Å². The largest absolute Gasteiger partial charge is 0.317 e. The van der Waals surface area contributed by atoms with E-state index in [-0.39, 0.29) is 5.82 Å². The van der Waals surface area contributed by atoms with E-state index >= 15 is 0 Å². The highest BCUT2D eigenvalue weighted by molar-refractivity contribution is 5.96. The Hall–Kier alpha value is -2.60. The first kappa shape index (κ1) is 16.6. The summed E-state index contributed by atoms with van der Waals surface area (Å²) in [7, 11) is 0. The third-order valence-corrected chi connectivity index (χ3v) is 5.61. The first-order valence-electron chi connectivity index (χ1n) is 9.53. The summed E-state index contributed by atoms with van der Waals surface area (Å²) in [5.74, 6) is 0.208. The molecule has 2 aromatic heterocycles. The summed E-state index contributed by atoms with van der Waals surface area (Å²) in [6, 6.07) is 5.59. The lowest BCUT2D eigenvalue weighted by atomic mass is 9.90. The van der Waals surface area contributed by atoms with E-state index in [4.69, 9.17) is 0 Å². The first-order valence-corrected chi connectivity index (χ1v) is 9.53. The summed E-state index contributed by atoms with van der Waals surface area (Å²) in [6.07, 6.45) is 4.81. The Bertz CT molecular complexity index is 1080. The third kappa shape index (κ3) is 2.84. The van der Waals surface area contributed by atoms with Gasteiger partial charge in [-0.2, -0.15) is 5.10 Å². The monoisotopic (exact) mass is 363 g/mol. The van der Waals surface area contributed by atoms with E-state index in [1.54, 1.807) is 10.6 Å². The van der Waals surface area contributed by atoms with E-state index in [9.17, 15) is 4.39 Å². The van der Waals surface area contributed by atoms with Gasteiger partial charge in [-0.25, -0.2) is 13.9 Å². The SMILES string of the molecule is Cc1cn2nc(-c3cc(F)c4c(c3)CC(C3CCNCC3)=N4)cc(C)c2n1. The molecule has 4 heterocycles. The lowest BCUT2D eigenvalue weighted by molar-refractivity contribution is 0.454. The molecule has 0 saturated carbocycles. The van der Waals surface area contributed by atoms with Crippen molar-refractivity contribution in [3.05, 3.63) is 47.0 Å². The third-order valence-electron chi connectivity index (χ3n) is 5.61. The number of aryl methyl sites for hydroxylation is 2. The summed E-state index contributed by atoms with van der Waals surface area (Å²) in [5, 5.41) is 8.02. The smallest absolute Gasteiger partial charge is 0.156 e. The molecule has 0 radical (unpaired) electrons. The number of hydrogen-bond donors (Lipinski definition) is 1. The summed E-state index contributed by atoms with van der Waals surface area (Å²) in [6.45, 7) is 5.99. The molecule has 5 rings (SSSR count). The maximum Gasteiger partial charge on any atom is 0.156 e. The van der Waals surface area contributed by atoms with E-state index < -0.39 is 0 Å². The van der Waals surface area contributed by atoms with Crippen LogP contribution in [0.4, 0.5) is 10.1 Å². The lowest BCUT2D eigenvalue weighted by Crippen LogP contribution is -2.31. The van der Waals surface area contributed by atoms with E-state index in [1.165, 1.54) is 0 Å². The van der Waals surface area contributed by atoms with E-state index in [0.717, 1.165) is 71.8 Å². The van der Waals surface area contributed by atoms with E-state index in [2.05, 4.69) is 20.4 Å². The maximum absolute atomic E-state index is 14.8. The molecular weight excluding hydrogens is 341 g/mol. The van der Waals surface area contributed by atoms with Crippen LogP contribution in [0.15, 0.2) is 29.4 Å². The molecule has 0 unspecified atom stereocenters. The molecule has 1 saturated heterocycles. The Morgan fingerprint density at radius 1 is 1.15 bits per heavy atom. The van der Waals surface area contributed by atoms with Crippen molar-refractivity contribution in [3.63, 3.8) is 0 Å². The molecule has 2 aliphatic heterocycles. The van der Waals surface area contributed by atoms with Crippen LogP contribution in [0.5, 0.6) is 0 Å². The van der Waals surface area contributed by atoms with Gasteiger partial charge in [-0.3, -0.25) is 4.99 Å². The fourth-order valence-electron chi connectivity index (χ4n) is 4.22. The second-order valence-corrected chi connectivity index (χ2v) is 7.63. The number of aromatic nitrogens is 3. The molecule has 0 amide bonds. The number of hydrogen-bond acceptors (Lipinski definition) is 4. The second kappa shape index (κ2) is 6.23. The fraction of sp³-hybridized carbons (Fsp3) is 0.381. The summed E-state index contributed by atoms with van der Waals surface area (Å²) in [4.78, 5) is 9.15. The summed E-state index contributed by atoms with van der Waals surface area (Å²) >= 11 is 0. The Morgan fingerprint density at radius 2 is 1.96 bits per heavy atom. The highest BCUT2D eigenvalue weighted by atomic mass is 19.1. The van der Waals surface area contributed by atoms with Crippen molar-refractivity contribution >= 4 is 17.0 Å². The minimum Gasteiger partial charge on any atom is -0.317 e. The van der Waals surface area contributed by atoms with Crippen LogP contribution < -0.4 is 5.32 Å². The predicted molar refractivity (Wildman–Crippen MR) is 104 cm³/mol. The van der Waals surface area contributed by atoms with Crippen LogP contribution in [0.2, 0.25) is 0 Å². The van der Waals surface area contributed by atoms with Crippen molar-refractivity contribution in [1.29, 1.82) is 0 Å². The summed E-state index contributed by atoms with van der Waals surface area (Å²) < 4.78 is 16.6. The molecule has 138 valence electrons. The van der Waals surface area contributed by atoms with Gasteiger partial charge in [0.05, 0.1) is 17.6 Å². The van der Waals surface area contributed by atoms with Crippen molar-refractivity contribution in [2.45, 2.75) is 33.1 Å². The highest BCUT2D eigenvalue weighted by Gasteiger charge is 2.26. The van der Waals surface area contributed by atoms with E-state index in [0.29, 0.717) is 11.6 Å². The number of nitrogens with one attached hydrogen (secondary N) is 1. The molecule has 5 nitrogen and oxygen atoms in total. The molecule has 1 N–H and O–H groups in total. The number of nitrogens with zero attached hydrogens (tertiary/aromatic N) is 4. The van der Waals surface area contributed by atoms with Crippen LogP contribution in [0.3, 0.4) is 0 Å². The standard InChI is InChI=1S/C21H22FN5/c1-12-7-19(26-27-11-13(2)24-21(12)27)15-8-16-10-18(14-3-5-23-6-4-14)25-20(16)17(22)9-15/h7-9,11,14,23H,3-6,10H2,1-2H3. The van der Waals surface area contributed by atoms with Gasteiger partial charge < -0.3 is 5.32 Å². The van der Waals surface area contributed by atoms with Crippen LogP contribution in [0.1, 0.15) is 29.7 Å². The number of imidazole rings is 1. The second-order valence-electron chi connectivity index (χ2n) is 7.63. The molecule has 27 heavy (non-hydrogen) atoms. The minimum absolute atomic E-state index is 0.257. The summed E-state index contributed by atoms with van der Waals surface area (Å²) in [5.41, 5.74) is 6.97. The van der Waals surface area contributed by atoms with Crippen molar-refractivity contribution in [2.24, 2.45) is 10.9 Å². The van der Waals surface area contributed by atoms with Gasteiger partial charge >= 0.3 is 0 Å². The molecule has 0 spiro atoms. The average molecular weight is 363 g/mol. The van der Waals surface area contributed by atoms with Gasteiger partial charge in [-0.1, -0.05) is 0 Å². The zero-order chi connectivity index (χ0) is 18.5. The van der Waals surface area contributed by atoms with Crippen LogP contribution in [0.25, 0.3) is 16.9 Å². The van der Waals surface area contributed by atoms with Crippen LogP contribution >= 0.6 is 0 Å². The highest BCUT2D eigenvalue weighted by Crippen LogP contribution is 2.36. The van der Waals surface area contributed by atoms with E-state index in [1.807, 2.05) is 32.2 Å². The van der Waals surface area contributed by atoms with Gasteiger partial charge in [0.2, 0.25) is 0 Å². The van der Waals surface area contributed by atoms with Gasteiger partial charge in [-0.05, 0) is 69.1 Å². The normalized spacial score (nSPS) is 17.4. The molecule has 1 fully saturated rings. The molecule has 0 aliphatic carbocycles. The number of aliphatic imine (C=N–C) groups is 1. The van der Waals surface area contributed by atoms with Crippen LogP contribution in [0, 0.1) is 25.6 Å². The average Bonchev–Trinajstić information content (AvgIpc) is 3.26. The number of benzene rings is 1. The zero-order valence-electron chi connectivity index (χ0n) is 15.6. The molecule has 3 aromatic rings. The molecule has 0 bridgehead atoms. The van der Waals surface area contributed by atoms with Crippen molar-refractivity contribution in [1.82, 2.24) is 19.9 Å². The van der Waals surface area contributed by atoms with Crippen LogP contribution in [-0.4, -0.2) is 33.4 Å². The maximum atomic E-state index is 14.8. The minimum atomic E-state index is -0.257. The number of rotatable bonds is 2. The van der Waals surface area contributed by atoms with Gasteiger partial charge in [0, 0.05) is 23.6 Å². The molecule has 2 aliphatic rings. The topological polar surface area (TPSA) is 54.6 Å². The zero-order valence-corrected chi connectivity index (χ0v) is 15.6. The van der Waals surface area contributed by atoms with Gasteiger partial charge in [0.15, 0.2) is 5.65 Å². The van der Waals surface area contributed by atoms with Crippen molar-refractivity contribution in [2.75, 3.05) is 13.1 Å². The van der Waals surface area contributed by atoms with Gasteiger partial charge in [0.25, 0.3) is 0 Å². The Balaban J connectivity index is 1.52. The Morgan fingerprint density at radius 3 is 2.78 bits per heavy atom. The number of fused-ring (bicyclic) bond motifs is 2. The number of halogens is 1. The molecule has 1 aromatic carbocycles. The predicted octanol–water partition coefficient (Wildman–Crippen LogP) is 3.78. The number of piperidine rings is 1. The van der Waals surface area contributed by atoms with Crippen molar-refractivity contribution in [3.8, 4) is 11.3 Å². The lowest BCUT2D eigenvalue weighted by Gasteiger charge is -2.22. The van der Waals surface area contributed by atoms with Crippen LogP contribution in [-0.2, 0) is 6.42 Å². The molecule has 0 atom stereocenters. The molecular formula is C21H22FN5. The molecule has 6 heteroatoms. The Labute approximate surface area is 157 Å². The Kier molecular flexibility index (Phi) is 3.82.